The molecule has 7 heteroatoms. The summed E-state index contributed by atoms with van der Waals surface area (Å²) < 4.78 is 27.4. The number of nitrogens with one attached hydrogen (secondary N) is 2. The summed E-state index contributed by atoms with van der Waals surface area (Å²) in [5.74, 6) is -2.25. The third-order valence-corrected chi connectivity index (χ3v) is 4.45. The molecule has 0 aromatic heterocycles. The largest absolute Gasteiger partial charge is 0.478 e. The molecule has 26 heavy (non-hydrogen) atoms. The maximum atomic E-state index is 13.9. The van der Waals surface area contributed by atoms with E-state index in [1.54, 1.807) is 12.1 Å². The van der Waals surface area contributed by atoms with Gasteiger partial charge in [-0.15, -0.1) is 0 Å². The number of benzene rings is 2. The second-order valence-electron chi connectivity index (χ2n) is 6.23. The number of carbonyl (C=O) groups excluding carboxylic acids is 1. The molecule has 2 aromatic rings. The van der Waals surface area contributed by atoms with Crippen LogP contribution in [0.15, 0.2) is 36.4 Å². The van der Waals surface area contributed by atoms with Crippen molar-refractivity contribution in [1.29, 1.82) is 0 Å². The predicted molar refractivity (Wildman–Crippen MR) is 90.8 cm³/mol. The van der Waals surface area contributed by atoms with E-state index in [4.69, 9.17) is 5.11 Å². The summed E-state index contributed by atoms with van der Waals surface area (Å²) in [7, 11) is 0. The van der Waals surface area contributed by atoms with Crippen LogP contribution in [-0.2, 0) is 13.0 Å². The molecule has 5 nitrogen and oxygen atoms in total. The summed E-state index contributed by atoms with van der Waals surface area (Å²) in [6.07, 6.45) is 1.84. The van der Waals surface area contributed by atoms with Crippen LogP contribution in [0.25, 0.3) is 0 Å². The van der Waals surface area contributed by atoms with Crippen LogP contribution in [0.3, 0.4) is 0 Å². The molecular formula is C19H18F2N2O3. The number of aromatic carboxylic acids is 1. The summed E-state index contributed by atoms with van der Waals surface area (Å²) in [5.41, 5.74) is 1.84. The summed E-state index contributed by atoms with van der Waals surface area (Å²) in [6, 6.07) is 7.39. The van der Waals surface area contributed by atoms with Gasteiger partial charge in [0.1, 0.15) is 11.6 Å². The average molecular weight is 360 g/mol. The Morgan fingerprint density at radius 1 is 1.15 bits per heavy atom. The van der Waals surface area contributed by atoms with Gasteiger partial charge in [0.2, 0.25) is 0 Å². The Balaban J connectivity index is 1.62. The molecule has 2 aromatic carbocycles. The third kappa shape index (κ3) is 3.99. The highest BCUT2D eigenvalue weighted by Crippen LogP contribution is 2.32. The van der Waals surface area contributed by atoms with Gasteiger partial charge in [-0.3, -0.25) is 0 Å². The maximum Gasteiger partial charge on any atom is 0.335 e. The molecule has 0 saturated carbocycles. The lowest BCUT2D eigenvalue weighted by atomic mass is 9.87. The molecule has 1 aliphatic rings. The van der Waals surface area contributed by atoms with Crippen LogP contribution in [0.1, 0.15) is 45.9 Å². The minimum absolute atomic E-state index is 0.168. The molecule has 0 radical (unpaired) electrons. The number of carboxylic acids is 1. The van der Waals surface area contributed by atoms with Gasteiger partial charge in [0.05, 0.1) is 11.6 Å². The lowest BCUT2D eigenvalue weighted by Crippen LogP contribution is -2.39. The van der Waals surface area contributed by atoms with E-state index in [0.717, 1.165) is 11.6 Å². The van der Waals surface area contributed by atoms with Gasteiger partial charge in [-0.1, -0.05) is 12.1 Å². The second kappa shape index (κ2) is 7.51. The minimum Gasteiger partial charge on any atom is -0.478 e. The third-order valence-electron chi connectivity index (χ3n) is 4.45. The zero-order valence-corrected chi connectivity index (χ0v) is 13.9. The number of hydrogen-bond acceptors (Lipinski definition) is 2. The highest BCUT2D eigenvalue weighted by Gasteiger charge is 2.25. The van der Waals surface area contributed by atoms with Crippen molar-refractivity contribution >= 4 is 12.0 Å². The number of urea groups is 1. The van der Waals surface area contributed by atoms with Crippen molar-refractivity contribution in [1.82, 2.24) is 10.6 Å². The molecule has 3 N–H and O–H groups in total. The van der Waals surface area contributed by atoms with Crippen molar-refractivity contribution in [3.8, 4) is 0 Å². The summed E-state index contributed by atoms with van der Waals surface area (Å²) in [5, 5.41) is 14.3. The van der Waals surface area contributed by atoms with Crippen molar-refractivity contribution < 1.29 is 23.5 Å². The van der Waals surface area contributed by atoms with Crippen LogP contribution in [0, 0.1) is 11.6 Å². The van der Waals surface area contributed by atoms with E-state index in [1.165, 1.54) is 18.2 Å². The molecule has 0 saturated heterocycles. The standard InChI is InChI=1S/C19H18F2N2O3/c20-13-8-15-14(16(21)9-13)2-1-3-17(15)23-19(26)22-10-11-4-6-12(7-5-11)18(24)25/h4-9,17H,1-3,10H2,(H,24,25)(H2,22,23,26)/t17-/m1/s1. The van der Waals surface area contributed by atoms with Crippen LogP contribution in [-0.4, -0.2) is 17.1 Å². The van der Waals surface area contributed by atoms with Crippen LogP contribution < -0.4 is 10.6 Å². The van der Waals surface area contributed by atoms with E-state index in [9.17, 15) is 18.4 Å². The first-order valence-electron chi connectivity index (χ1n) is 8.28. The van der Waals surface area contributed by atoms with Crippen LogP contribution in [0.4, 0.5) is 13.6 Å². The number of fused-ring (bicyclic) bond motifs is 1. The Hall–Kier alpha value is -2.96. The fraction of sp³-hybridized carbons (Fsp3) is 0.263. The van der Waals surface area contributed by atoms with E-state index < -0.39 is 29.7 Å². The van der Waals surface area contributed by atoms with Crippen molar-refractivity contribution in [2.45, 2.75) is 31.8 Å². The van der Waals surface area contributed by atoms with Crippen molar-refractivity contribution in [3.63, 3.8) is 0 Å². The van der Waals surface area contributed by atoms with E-state index in [1.807, 2.05) is 0 Å². The maximum absolute atomic E-state index is 13.9. The number of carboxylic acid groups (broad SMARTS) is 1. The normalized spacial score (nSPS) is 15.8. The summed E-state index contributed by atoms with van der Waals surface area (Å²) >= 11 is 0. The molecule has 136 valence electrons. The van der Waals surface area contributed by atoms with E-state index in [-0.39, 0.29) is 12.1 Å². The van der Waals surface area contributed by atoms with E-state index in [0.29, 0.717) is 30.4 Å². The van der Waals surface area contributed by atoms with Gasteiger partial charge in [-0.2, -0.15) is 0 Å². The van der Waals surface area contributed by atoms with Crippen molar-refractivity contribution in [2.24, 2.45) is 0 Å². The van der Waals surface area contributed by atoms with Gasteiger partial charge in [-0.25, -0.2) is 18.4 Å². The molecule has 1 aliphatic carbocycles. The quantitative estimate of drug-likeness (QED) is 0.780. The first kappa shape index (κ1) is 17.8. The predicted octanol–water partition coefficient (Wildman–Crippen LogP) is 3.54. The first-order chi connectivity index (χ1) is 12.4. The number of amides is 2. The zero-order chi connectivity index (χ0) is 18.7. The molecule has 1 atom stereocenters. The van der Waals surface area contributed by atoms with Crippen LogP contribution in [0.2, 0.25) is 0 Å². The van der Waals surface area contributed by atoms with Gasteiger partial charge in [0, 0.05) is 12.6 Å². The van der Waals surface area contributed by atoms with E-state index >= 15 is 0 Å². The number of carbonyl (C=O) groups is 2. The zero-order valence-electron chi connectivity index (χ0n) is 13.9. The van der Waals surface area contributed by atoms with Crippen LogP contribution in [0.5, 0.6) is 0 Å². The number of rotatable bonds is 4. The second-order valence-corrected chi connectivity index (χ2v) is 6.23. The molecule has 0 aliphatic heterocycles. The Bertz CT molecular complexity index is 837. The molecule has 0 unspecified atom stereocenters. The van der Waals surface area contributed by atoms with Crippen molar-refractivity contribution in [2.75, 3.05) is 0 Å². The fourth-order valence-electron chi connectivity index (χ4n) is 3.14. The molecule has 0 spiro atoms. The highest BCUT2D eigenvalue weighted by molar-refractivity contribution is 5.87. The lowest BCUT2D eigenvalue weighted by Gasteiger charge is -2.27. The van der Waals surface area contributed by atoms with Gasteiger partial charge < -0.3 is 15.7 Å². The molecule has 0 heterocycles. The SMILES string of the molecule is O=C(NCc1ccc(C(=O)O)cc1)N[C@@H]1CCCc2c(F)cc(F)cc21. The van der Waals surface area contributed by atoms with Gasteiger partial charge in [0.25, 0.3) is 0 Å². The Morgan fingerprint density at radius 3 is 2.58 bits per heavy atom. The Kier molecular flexibility index (Phi) is 5.16. The van der Waals surface area contributed by atoms with Gasteiger partial charge in [0.15, 0.2) is 0 Å². The van der Waals surface area contributed by atoms with Gasteiger partial charge >= 0.3 is 12.0 Å². The number of hydrogen-bond donors (Lipinski definition) is 3. The fourth-order valence-corrected chi connectivity index (χ4v) is 3.14. The Labute approximate surface area is 149 Å². The van der Waals surface area contributed by atoms with E-state index in [2.05, 4.69) is 10.6 Å². The lowest BCUT2D eigenvalue weighted by molar-refractivity contribution is 0.0697. The average Bonchev–Trinajstić information content (AvgIpc) is 2.61. The highest BCUT2D eigenvalue weighted by atomic mass is 19.1. The number of halogens is 2. The molecule has 0 fully saturated rings. The molecule has 0 bridgehead atoms. The van der Waals surface area contributed by atoms with Gasteiger partial charge in [-0.05, 0) is 54.2 Å². The van der Waals surface area contributed by atoms with Crippen LogP contribution >= 0.6 is 0 Å². The molecule has 2 amide bonds. The monoisotopic (exact) mass is 360 g/mol. The minimum atomic E-state index is -1.02. The smallest absolute Gasteiger partial charge is 0.335 e. The topological polar surface area (TPSA) is 78.4 Å². The first-order valence-corrected chi connectivity index (χ1v) is 8.28. The summed E-state index contributed by atoms with van der Waals surface area (Å²) in [6.45, 7) is 0.211. The summed E-state index contributed by atoms with van der Waals surface area (Å²) in [4.78, 5) is 23.0. The molecular weight excluding hydrogens is 342 g/mol. The Morgan fingerprint density at radius 2 is 1.88 bits per heavy atom. The van der Waals surface area contributed by atoms with Crippen molar-refractivity contribution in [3.05, 3.63) is 70.3 Å². The molecule has 3 rings (SSSR count).